The number of hydrogen-bond donors (Lipinski definition) is 1. The zero-order chi connectivity index (χ0) is 15.8. The Hall–Kier alpha value is -2.20. The fourth-order valence-electron chi connectivity index (χ4n) is 3.38. The van der Waals surface area contributed by atoms with Crippen LogP contribution in [0, 0.1) is 12.7 Å². The van der Waals surface area contributed by atoms with Crippen molar-refractivity contribution in [3.8, 4) is 0 Å². The second-order valence-electron chi connectivity index (χ2n) is 6.49. The highest BCUT2D eigenvalue weighted by Gasteiger charge is 2.26. The van der Waals surface area contributed by atoms with Crippen molar-refractivity contribution >= 4 is 11.0 Å². The van der Waals surface area contributed by atoms with Gasteiger partial charge >= 0.3 is 0 Å². The van der Waals surface area contributed by atoms with Crippen LogP contribution in [0.5, 0.6) is 0 Å². The lowest BCUT2D eigenvalue weighted by Crippen LogP contribution is -2.19. The van der Waals surface area contributed by atoms with Gasteiger partial charge < -0.3 is 4.98 Å². The number of halogens is 1. The molecule has 1 aliphatic heterocycles. The van der Waals surface area contributed by atoms with Crippen LogP contribution >= 0.6 is 0 Å². The average molecular weight is 309 g/mol. The normalized spacial score (nSPS) is 18.8. The molecule has 3 nitrogen and oxygen atoms in total. The van der Waals surface area contributed by atoms with Crippen LogP contribution < -0.4 is 0 Å². The number of nitrogens with zero attached hydrogens (tertiary/aromatic N) is 2. The van der Waals surface area contributed by atoms with E-state index >= 15 is 0 Å². The van der Waals surface area contributed by atoms with Crippen molar-refractivity contribution in [3.63, 3.8) is 0 Å². The van der Waals surface area contributed by atoms with Crippen molar-refractivity contribution in [1.29, 1.82) is 0 Å². The molecule has 2 heterocycles. The van der Waals surface area contributed by atoms with Gasteiger partial charge in [-0.1, -0.05) is 18.2 Å². The fourth-order valence-corrected chi connectivity index (χ4v) is 3.38. The molecule has 0 saturated carbocycles. The summed E-state index contributed by atoms with van der Waals surface area (Å²) in [6.07, 6.45) is 1.11. The highest BCUT2D eigenvalue weighted by atomic mass is 19.1. The SMILES string of the molecule is Cc1ccc2nc(C3CCN(Cc4ccc(F)cc4)C3)[nH]c2c1. The van der Waals surface area contributed by atoms with E-state index < -0.39 is 0 Å². The summed E-state index contributed by atoms with van der Waals surface area (Å²) in [5.41, 5.74) is 4.57. The maximum atomic E-state index is 13.0. The highest BCUT2D eigenvalue weighted by molar-refractivity contribution is 5.75. The number of fused-ring (bicyclic) bond motifs is 1. The Morgan fingerprint density at radius 1 is 1.22 bits per heavy atom. The van der Waals surface area contributed by atoms with Crippen LogP contribution in [-0.2, 0) is 6.54 Å². The van der Waals surface area contributed by atoms with Gasteiger partial charge in [0.05, 0.1) is 11.0 Å². The number of aromatic amines is 1. The summed E-state index contributed by atoms with van der Waals surface area (Å²) in [6, 6.07) is 13.1. The zero-order valence-corrected chi connectivity index (χ0v) is 13.2. The minimum atomic E-state index is -0.175. The van der Waals surface area contributed by atoms with Gasteiger partial charge in [-0.25, -0.2) is 9.37 Å². The fraction of sp³-hybridized carbons (Fsp3) is 0.316. The van der Waals surface area contributed by atoms with Gasteiger partial charge in [0, 0.05) is 19.0 Å². The smallest absolute Gasteiger partial charge is 0.123 e. The molecule has 1 saturated heterocycles. The molecule has 4 heteroatoms. The first-order valence-electron chi connectivity index (χ1n) is 8.10. The van der Waals surface area contributed by atoms with Crippen LogP contribution in [-0.4, -0.2) is 28.0 Å². The number of benzene rings is 2. The minimum Gasteiger partial charge on any atom is -0.342 e. The topological polar surface area (TPSA) is 31.9 Å². The Kier molecular flexibility index (Phi) is 3.62. The van der Waals surface area contributed by atoms with Crippen molar-refractivity contribution in [2.45, 2.75) is 25.8 Å². The number of rotatable bonds is 3. The molecule has 1 aliphatic rings. The summed E-state index contributed by atoms with van der Waals surface area (Å²) in [5, 5.41) is 0. The molecule has 1 aromatic heterocycles. The van der Waals surface area contributed by atoms with Crippen LogP contribution in [0.2, 0.25) is 0 Å². The maximum absolute atomic E-state index is 13.0. The highest BCUT2D eigenvalue weighted by Crippen LogP contribution is 2.28. The van der Waals surface area contributed by atoms with Crippen molar-refractivity contribution in [3.05, 3.63) is 65.2 Å². The van der Waals surface area contributed by atoms with Crippen molar-refractivity contribution in [1.82, 2.24) is 14.9 Å². The quantitative estimate of drug-likeness (QED) is 0.793. The lowest BCUT2D eigenvalue weighted by molar-refractivity contribution is 0.326. The van der Waals surface area contributed by atoms with Crippen LogP contribution in [0.4, 0.5) is 4.39 Å². The Morgan fingerprint density at radius 3 is 2.87 bits per heavy atom. The molecular weight excluding hydrogens is 289 g/mol. The van der Waals surface area contributed by atoms with Gasteiger partial charge in [-0.15, -0.1) is 0 Å². The molecule has 1 fully saturated rings. The van der Waals surface area contributed by atoms with Gasteiger partial charge in [0.25, 0.3) is 0 Å². The molecule has 0 bridgehead atoms. The van der Waals surface area contributed by atoms with E-state index in [4.69, 9.17) is 4.98 Å². The third-order valence-corrected chi connectivity index (χ3v) is 4.63. The summed E-state index contributed by atoms with van der Waals surface area (Å²) >= 11 is 0. The Balaban J connectivity index is 1.47. The van der Waals surface area contributed by atoms with Gasteiger partial charge in [-0.2, -0.15) is 0 Å². The van der Waals surface area contributed by atoms with Gasteiger partial charge in [0.15, 0.2) is 0 Å². The van der Waals surface area contributed by atoms with Gasteiger partial charge in [-0.3, -0.25) is 4.90 Å². The molecule has 1 unspecified atom stereocenters. The summed E-state index contributed by atoms with van der Waals surface area (Å²) in [5.74, 6) is 1.36. The lowest BCUT2D eigenvalue weighted by atomic mass is 10.1. The van der Waals surface area contributed by atoms with Crippen LogP contribution in [0.25, 0.3) is 11.0 Å². The van der Waals surface area contributed by atoms with E-state index in [1.165, 1.54) is 17.7 Å². The molecule has 0 radical (unpaired) electrons. The summed E-state index contributed by atoms with van der Waals surface area (Å²) in [4.78, 5) is 10.7. The molecule has 4 rings (SSSR count). The van der Waals surface area contributed by atoms with Gasteiger partial charge in [-0.05, 0) is 55.3 Å². The predicted molar refractivity (Wildman–Crippen MR) is 89.9 cm³/mol. The molecule has 1 atom stereocenters. The third kappa shape index (κ3) is 2.99. The second kappa shape index (κ2) is 5.78. The molecule has 0 aliphatic carbocycles. The monoisotopic (exact) mass is 309 g/mol. The van der Waals surface area contributed by atoms with E-state index in [1.54, 1.807) is 0 Å². The van der Waals surface area contributed by atoms with Crippen molar-refractivity contribution < 1.29 is 4.39 Å². The third-order valence-electron chi connectivity index (χ3n) is 4.63. The number of aryl methyl sites for hydroxylation is 1. The number of nitrogens with one attached hydrogen (secondary N) is 1. The lowest BCUT2D eigenvalue weighted by Gasteiger charge is -2.15. The summed E-state index contributed by atoms with van der Waals surface area (Å²) in [6.45, 7) is 5.02. The number of imidazole rings is 1. The standard InChI is InChI=1S/C19H20FN3/c1-13-2-7-17-18(10-13)22-19(21-17)15-8-9-23(12-15)11-14-3-5-16(20)6-4-14/h2-7,10,15H,8-9,11-12H2,1H3,(H,21,22). The number of hydrogen-bond acceptors (Lipinski definition) is 2. The molecule has 3 aromatic rings. The molecule has 0 amide bonds. The summed E-state index contributed by atoms with van der Waals surface area (Å²) in [7, 11) is 0. The van der Waals surface area contributed by atoms with Crippen molar-refractivity contribution in [2.24, 2.45) is 0 Å². The predicted octanol–water partition coefficient (Wildman–Crippen LogP) is 4.00. The first-order valence-corrected chi connectivity index (χ1v) is 8.10. The number of aromatic nitrogens is 2. The van der Waals surface area contributed by atoms with E-state index in [0.29, 0.717) is 5.92 Å². The van der Waals surface area contributed by atoms with E-state index in [-0.39, 0.29) is 5.82 Å². The molecule has 2 aromatic carbocycles. The Morgan fingerprint density at radius 2 is 2.04 bits per heavy atom. The molecule has 118 valence electrons. The Bertz CT molecular complexity index is 822. The number of likely N-dealkylation sites (tertiary alicyclic amines) is 1. The first kappa shape index (κ1) is 14.4. The van der Waals surface area contributed by atoms with E-state index in [9.17, 15) is 4.39 Å². The van der Waals surface area contributed by atoms with E-state index in [1.807, 2.05) is 12.1 Å². The van der Waals surface area contributed by atoms with Gasteiger partial charge in [0.2, 0.25) is 0 Å². The second-order valence-corrected chi connectivity index (χ2v) is 6.49. The molecular formula is C19H20FN3. The first-order chi connectivity index (χ1) is 11.2. The van der Waals surface area contributed by atoms with Gasteiger partial charge in [0.1, 0.15) is 11.6 Å². The maximum Gasteiger partial charge on any atom is 0.123 e. The minimum absolute atomic E-state index is 0.175. The average Bonchev–Trinajstić information content (AvgIpc) is 3.15. The van der Waals surface area contributed by atoms with Crippen LogP contribution in [0.1, 0.15) is 29.3 Å². The summed E-state index contributed by atoms with van der Waals surface area (Å²) < 4.78 is 13.0. The zero-order valence-electron chi connectivity index (χ0n) is 13.2. The molecule has 1 N–H and O–H groups in total. The van der Waals surface area contributed by atoms with Crippen LogP contribution in [0.15, 0.2) is 42.5 Å². The Labute approximate surface area is 135 Å². The molecule has 0 spiro atoms. The van der Waals surface area contributed by atoms with E-state index in [2.05, 4.69) is 35.0 Å². The van der Waals surface area contributed by atoms with Crippen molar-refractivity contribution in [2.75, 3.05) is 13.1 Å². The molecule has 23 heavy (non-hydrogen) atoms. The van der Waals surface area contributed by atoms with E-state index in [0.717, 1.165) is 48.5 Å². The number of H-pyrrole nitrogens is 1. The van der Waals surface area contributed by atoms with Crippen LogP contribution in [0.3, 0.4) is 0 Å². The largest absolute Gasteiger partial charge is 0.342 e.